The minimum Gasteiger partial charge on any atom is -0.494 e. The molecule has 0 spiro atoms. The van der Waals surface area contributed by atoms with Crippen LogP contribution in [0.1, 0.15) is 35.3 Å². The fraction of sp³-hybridized carbons (Fsp3) is 0.250. The number of nitrogens with one attached hydrogen (secondary N) is 1. The molecule has 0 aliphatic heterocycles. The van der Waals surface area contributed by atoms with Gasteiger partial charge in [-0.1, -0.05) is 12.1 Å². The van der Waals surface area contributed by atoms with Crippen LogP contribution in [0.3, 0.4) is 0 Å². The van der Waals surface area contributed by atoms with Gasteiger partial charge in [0.2, 0.25) is 16.0 Å². The predicted octanol–water partition coefficient (Wildman–Crippen LogP) is 3.92. The summed E-state index contributed by atoms with van der Waals surface area (Å²) in [7, 11) is 0.0824. The number of aromatic nitrogens is 4. The highest BCUT2D eigenvalue weighted by atomic mass is 32.2. The van der Waals surface area contributed by atoms with Crippen LogP contribution in [0.25, 0.3) is 17.1 Å². The molecule has 0 fully saturated rings. The average molecular weight is 574 g/mol. The van der Waals surface area contributed by atoms with Gasteiger partial charge in [0, 0.05) is 25.1 Å². The van der Waals surface area contributed by atoms with Crippen molar-refractivity contribution in [1.82, 2.24) is 19.7 Å². The van der Waals surface area contributed by atoms with E-state index >= 15 is 0 Å². The summed E-state index contributed by atoms with van der Waals surface area (Å²) in [6.45, 7) is 3.32. The van der Waals surface area contributed by atoms with Gasteiger partial charge in [0.1, 0.15) is 28.5 Å². The van der Waals surface area contributed by atoms with E-state index < -0.39 is 21.4 Å². The minimum absolute atomic E-state index is 0.133. The van der Waals surface area contributed by atoms with Gasteiger partial charge in [-0.25, -0.2) is 8.42 Å². The number of hydrogen-bond donors (Lipinski definition) is 1. The maximum atomic E-state index is 13.8. The molecule has 2 unspecified atom stereocenters. The molecule has 2 aromatic carbocycles. The Morgan fingerprint density at radius 2 is 1.68 bits per heavy atom. The molecule has 0 bridgehead atoms. The second-order valence-electron chi connectivity index (χ2n) is 8.98. The molecule has 41 heavy (non-hydrogen) atoms. The van der Waals surface area contributed by atoms with E-state index in [9.17, 15) is 18.9 Å². The van der Waals surface area contributed by atoms with Crippen LogP contribution in [-0.4, -0.2) is 54.7 Å². The van der Waals surface area contributed by atoms with Crippen molar-refractivity contribution in [3.05, 3.63) is 77.1 Å². The quantitative estimate of drug-likeness (QED) is 0.294. The Kier molecular flexibility index (Phi) is 8.52. The van der Waals surface area contributed by atoms with Gasteiger partial charge in [0.25, 0.3) is 0 Å². The molecule has 2 atom stereocenters. The van der Waals surface area contributed by atoms with Gasteiger partial charge in [-0.2, -0.15) is 10.5 Å². The predicted molar refractivity (Wildman–Crippen MR) is 150 cm³/mol. The standard InChI is InChI=1S/C28H27N7O5S/c1-17-11-21(16-31-15-17)27-32-33-28(35(27)25-23(38-3)7-6-8-24(25)39-4)34-41(36,37)18(2)26(40-5)22-10-9-19(13-29)12-20(22)14-30/h6-12,15-16,18,26H,1-5H3,(H,33,34). The first kappa shape index (κ1) is 29.0. The Labute approximate surface area is 237 Å². The lowest BCUT2D eigenvalue weighted by Gasteiger charge is -2.25. The van der Waals surface area contributed by atoms with Crippen molar-refractivity contribution >= 4 is 16.0 Å². The highest BCUT2D eigenvalue weighted by molar-refractivity contribution is 7.93. The maximum Gasteiger partial charge on any atom is 0.243 e. The third-order valence-corrected chi connectivity index (χ3v) is 8.13. The van der Waals surface area contributed by atoms with Gasteiger partial charge in [-0.3, -0.25) is 14.3 Å². The lowest BCUT2D eigenvalue weighted by atomic mass is 9.99. The monoisotopic (exact) mass is 573 g/mol. The molecule has 0 aliphatic rings. The Morgan fingerprint density at radius 1 is 0.976 bits per heavy atom. The van der Waals surface area contributed by atoms with Crippen LogP contribution >= 0.6 is 0 Å². The molecule has 4 aromatic rings. The van der Waals surface area contributed by atoms with E-state index in [0.29, 0.717) is 28.3 Å². The van der Waals surface area contributed by atoms with Crippen LogP contribution in [0.15, 0.2) is 54.9 Å². The number of sulfonamides is 1. The summed E-state index contributed by atoms with van der Waals surface area (Å²) < 4.78 is 48.4. The normalized spacial score (nSPS) is 12.6. The first-order chi connectivity index (χ1) is 19.7. The van der Waals surface area contributed by atoms with Crippen LogP contribution in [0.2, 0.25) is 0 Å². The first-order valence-corrected chi connectivity index (χ1v) is 13.8. The molecular formula is C28H27N7O5S. The Bertz CT molecular complexity index is 1750. The Hall–Kier alpha value is -4.98. The summed E-state index contributed by atoms with van der Waals surface area (Å²) in [5.41, 5.74) is 2.53. The van der Waals surface area contributed by atoms with Crippen LogP contribution in [0, 0.1) is 29.6 Å². The number of hydrogen-bond acceptors (Lipinski definition) is 10. The summed E-state index contributed by atoms with van der Waals surface area (Å²) in [5.74, 6) is 0.916. The molecule has 0 radical (unpaired) electrons. The molecule has 1 N–H and O–H groups in total. The zero-order valence-corrected chi connectivity index (χ0v) is 23.8. The van der Waals surface area contributed by atoms with Crippen LogP contribution < -0.4 is 14.2 Å². The summed E-state index contributed by atoms with van der Waals surface area (Å²) in [6, 6.07) is 15.4. The number of nitriles is 2. The molecule has 0 saturated heterocycles. The van der Waals surface area contributed by atoms with Crippen molar-refractivity contribution in [3.8, 4) is 40.7 Å². The van der Waals surface area contributed by atoms with Gasteiger partial charge in [0.15, 0.2) is 5.82 Å². The molecule has 0 saturated carbocycles. The van der Waals surface area contributed by atoms with E-state index in [1.165, 1.54) is 51.0 Å². The van der Waals surface area contributed by atoms with Crippen LogP contribution in [0.4, 0.5) is 5.95 Å². The smallest absolute Gasteiger partial charge is 0.243 e. The largest absolute Gasteiger partial charge is 0.494 e. The molecular weight excluding hydrogens is 546 g/mol. The number of nitrogens with zero attached hydrogens (tertiary/aromatic N) is 6. The fourth-order valence-electron chi connectivity index (χ4n) is 4.40. The molecule has 0 aliphatic carbocycles. The van der Waals surface area contributed by atoms with Crippen molar-refractivity contribution in [3.63, 3.8) is 0 Å². The van der Waals surface area contributed by atoms with Crippen LogP contribution in [0.5, 0.6) is 11.5 Å². The van der Waals surface area contributed by atoms with E-state index in [2.05, 4.69) is 19.9 Å². The summed E-state index contributed by atoms with van der Waals surface area (Å²) >= 11 is 0. The summed E-state index contributed by atoms with van der Waals surface area (Å²) in [4.78, 5) is 4.24. The maximum absolute atomic E-state index is 13.8. The zero-order valence-electron chi connectivity index (χ0n) is 23.0. The minimum atomic E-state index is -4.23. The topological polar surface area (TPSA) is 165 Å². The van der Waals surface area contributed by atoms with Crippen molar-refractivity contribution in [1.29, 1.82) is 10.5 Å². The second kappa shape index (κ2) is 12.0. The van der Waals surface area contributed by atoms with Gasteiger partial charge in [0.05, 0.1) is 37.5 Å². The molecule has 4 rings (SSSR count). The molecule has 2 aromatic heterocycles. The number of para-hydroxylation sites is 1. The molecule has 2 heterocycles. The number of anilines is 1. The van der Waals surface area contributed by atoms with Gasteiger partial charge in [-0.15, -0.1) is 10.2 Å². The lowest BCUT2D eigenvalue weighted by molar-refractivity contribution is 0.102. The number of aryl methyl sites for hydroxylation is 1. The third kappa shape index (κ3) is 5.68. The van der Waals surface area contributed by atoms with Gasteiger partial charge < -0.3 is 14.2 Å². The number of ether oxygens (including phenoxy) is 3. The van der Waals surface area contributed by atoms with Gasteiger partial charge >= 0.3 is 0 Å². The fourth-order valence-corrected chi connectivity index (χ4v) is 5.56. The van der Waals surface area contributed by atoms with Crippen molar-refractivity contribution in [2.45, 2.75) is 25.2 Å². The van der Waals surface area contributed by atoms with E-state index in [0.717, 1.165) is 5.56 Å². The van der Waals surface area contributed by atoms with E-state index in [-0.39, 0.29) is 22.9 Å². The SMILES string of the molecule is COc1cccc(OC)c1-n1c(NS(=O)(=O)C(C)C(OC)c2ccc(C#N)cc2C#N)nnc1-c1cncc(C)c1. The molecule has 0 amide bonds. The Morgan fingerprint density at radius 3 is 2.27 bits per heavy atom. The lowest BCUT2D eigenvalue weighted by Crippen LogP contribution is -2.33. The van der Waals surface area contributed by atoms with Crippen LogP contribution in [-0.2, 0) is 14.8 Å². The van der Waals surface area contributed by atoms with Crippen molar-refractivity contribution < 1.29 is 22.6 Å². The van der Waals surface area contributed by atoms with E-state index in [1.807, 2.05) is 25.1 Å². The molecule has 12 nitrogen and oxygen atoms in total. The number of benzene rings is 2. The zero-order chi connectivity index (χ0) is 29.7. The number of rotatable bonds is 10. The van der Waals surface area contributed by atoms with E-state index in [4.69, 9.17) is 14.2 Å². The third-order valence-electron chi connectivity index (χ3n) is 6.43. The summed E-state index contributed by atoms with van der Waals surface area (Å²) in [5, 5.41) is 26.1. The first-order valence-electron chi connectivity index (χ1n) is 12.3. The van der Waals surface area contributed by atoms with Crippen molar-refractivity contribution in [2.24, 2.45) is 0 Å². The highest BCUT2D eigenvalue weighted by Gasteiger charge is 2.35. The van der Waals surface area contributed by atoms with Crippen molar-refractivity contribution in [2.75, 3.05) is 26.1 Å². The van der Waals surface area contributed by atoms with Gasteiger partial charge in [-0.05, 0) is 55.3 Å². The Balaban J connectivity index is 1.85. The second-order valence-corrected chi connectivity index (χ2v) is 11.0. The summed E-state index contributed by atoms with van der Waals surface area (Å²) in [6.07, 6.45) is 2.22. The number of pyridine rings is 1. The average Bonchev–Trinajstić information content (AvgIpc) is 3.39. The highest BCUT2D eigenvalue weighted by Crippen LogP contribution is 2.38. The molecule has 210 valence electrons. The van der Waals surface area contributed by atoms with E-state index in [1.54, 1.807) is 30.6 Å². The number of methoxy groups -OCH3 is 3. The molecule has 13 heteroatoms.